The molecule has 160 valence electrons. The summed E-state index contributed by atoms with van der Waals surface area (Å²) < 4.78 is 16.2. The monoisotopic (exact) mass is 420 g/mol. The molecule has 1 aromatic heterocycles. The Morgan fingerprint density at radius 3 is 2.74 bits per heavy atom. The number of carbonyl (C=O) groups excluding carboxylic acids is 2. The number of carbonyl (C=O) groups is 2. The van der Waals surface area contributed by atoms with E-state index in [1.165, 1.54) is 0 Å². The number of fused-ring (bicyclic) bond motifs is 1. The number of aromatic nitrogens is 1. The molecule has 0 bridgehead atoms. The molecular weight excluding hydrogens is 396 g/mol. The van der Waals surface area contributed by atoms with Crippen LogP contribution in [-0.4, -0.2) is 29.7 Å². The van der Waals surface area contributed by atoms with E-state index in [4.69, 9.17) is 14.0 Å². The molecule has 4 rings (SSSR count). The molecule has 0 saturated carbocycles. The van der Waals surface area contributed by atoms with Gasteiger partial charge in [0.1, 0.15) is 18.1 Å². The minimum absolute atomic E-state index is 0.0321. The van der Waals surface area contributed by atoms with Crippen molar-refractivity contribution in [1.29, 1.82) is 0 Å². The predicted molar refractivity (Wildman–Crippen MR) is 114 cm³/mol. The number of benzene rings is 2. The molecule has 0 N–H and O–H groups in total. The molecule has 7 nitrogen and oxygen atoms in total. The fourth-order valence-electron chi connectivity index (χ4n) is 3.80. The topological polar surface area (TPSA) is 81.9 Å². The fraction of sp³-hybridized carbons (Fsp3) is 0.292. The van der Waals surface area contributed by atoms with E-state index >= 15 is 0 Å². The normalized spacial score (nSPS) is 14.9. The van der Waals surface area contributed by atoms with Crippen LogP contribution in [0.2, 0.25) is 0 Å². The molecule has 1 aliphatic heterocycles. The molecule has 0 fully saturated rings. The number of para-hydroxylation sites is 1. The third-order valence-electron chi connectivity index (χ3n) is 5.44. The lowest BCUT2D eigenvalue weighted by atomic mass is 10.1. The highest BCUT2D eigenvalue weighted by atomic mass is 16.5. The second-order valence-corrected chi connectivity index (χ2v) is 7.64. The van der Waals surface area contributed by atoms with E-state index in [0.29, 0.717) is 17.1 Å². The van der Waals surface area contributed by atoms with Crippen LogP contribution in [0.5, 0.6) is 5.75 Å². The van der Waals surface area contributed by atoms with E-state index in [1.807, 2.05) is 45.0 Å². The lowest BCUT2D eigenvalue weighted by Gasteiger charge is -2.22. The highest BCUT2D eigenvalue weighted by molar-refractivity contribution is 5.99. The van der Waals surface area contributed by atoms with Gasteiger partial charge in [0.2, 0.25) is 0 Å². The Morgan fingerprint density at radius 1 is 1.16 bits per heavy atom. The molecule has 0 saturated heterocycles. The van der Waals surface area contributed by atoms with Crippen molar-refractivity contribution < 1.29 is 23.6 Å². The zero-order chi connectivity index (χ0) is 22.0. The van der Waals surface area contributed by atoms with Gasteiger partial charge >= 0.3 is 5.97 Å². The molecule has 31 heavy (non-hydrogen) atoms. The van der Waals surface area contributed by atoms with Gasteiger partial charge in [0.15, 0.2) is 6.61 Å². The van der Waals surface area contributed by atoms with Gasteiger partial charge in [-0.05, 0) is 57.0 Å². The zero-order valence-corrected chi connectivity index (χ0v) is 17.8. The summed E-state index contributed by atoms with van der Waals surface area (Å²) in [5.74, 6) is 0.403. The largest absolute Gasteiger partial charge is 0.489 e. The van der Waals surface area contributed by atoms with Crippen molar-refractivity contribution >= 4 is 17.6 Å². The van der Waals surface area contributed by atoms with E-state index in [-0.39, 0.29) is 25.2 Å². The van der Waals surface area contributed by atoms with Crippen molar-refractivity contribution in [2.45, 2.75) is 39.8 Å². The van der Waals surface area contributed by atoms with E-state index in [0.717, 1.165) is 28.9 Å². The molecule has 2 aromatic carbocycles. The number of amides is 1. The number of rotatable bonds is 6. The first kappa shape index (κ1) is 20.7. The van der Waals surface area contributed by atoms with Crippen molar-refractivity contribution in [2.24, 2.45) is 0 Å². The SMILES string of the molecule is Cc1noc(C)c1COc1cccc(C(=O)OCC(=O)N2c3ccccc3C[C@H]2C)c1. The Hall–Kier alpha value is -3.61. The van der Waals surface area contributed by atoms with Crippen molar-refractivity contribution in [1.82, 2.24) is 5.16 Å². The Balaban J connectivity index is 1.37. The molecule has 1 atom stereocenters. The smallest absolute Gasteiger partial charge is 0.338 e. The van der Waals surface area contributed by atoms with Crippen molar-refractivity contribution in [3.05, 3.63) is 76.7 Å². The summed E-state index contributed by atoms with van der Waals surface area (Å²) in [5, 5.41) is 3.90. The zero-order valence-electron chi connectivity index (χ0n) is 17.8. The van der Waals surface area contributed by atoms with Gasteiger partial charge in [0.25, 0.3) is 5.91 Å². The molecule has 0 aliphatic carbocycles. The number of hydrogen-bond acceptors (Lipinski definition) is 6. The lowest BCUT2D eigenvalue weighted by molar-refractivity contribution is -0.122. The molecule has 0 spiro atoms. The molecule has 3 aromatic rings. The number of nitrogens with zero attached hydrogens (tertiary/aromatic N) is 2. The Morgan fingerprint density at radius 2 is 1.97 bits per heavy atom. The Bertz CT molecular complexity index is 1100. The maximum atomic E-state index is 12.7. The maximum absolute atomic E-state index is 12.7. The highest BCUT2D eigenvalue weighted by Crippen LogP contribution is 2.31. The van der Waals surface area contributed by atoms with E-state index in [1.54, 1.807) is 29.2 Å². The van der Waals surface area contributed by atoms with Gasteiger partial charge < -0.3 is 18.9 Å². The summed E-state index contributed by atoms with van der Waals surface area (Å²) in [6, 6.07) is 14.5. The fourth-order valence-corrected chi connectivity index (χ4v) is 3.80. The average molecular weight is 420 g/mol. The van der Waals surface area contributed by atoms with Crippen LogP contribution in [0.1, 0.15) is 39.9 Å². The van der Waals surface area contributed by atoms with Crippen LogP contribution in [0.15, 0.2) is 53.1 Å². The summed E-state index contributed by atoms with van der Waals surface area (Å²) in [6.07, 6.45) is 0.792. The second kappa shape index (κ2) is 8.63. The molecule has 7 heteroatoms. The van der Waals surface area contributed by atoms with Gasteiger partial charge in [0.05, 0.1) is 16.8 Å². The molecule has 2 heterocycles. The number of aryl methyl sites for hydroxylation is 2. The first-order valence-corrected chi connectivity index (χ1v) is 10.2. The number of ether oxygens (including phenoxy) is 2. The van der Waals surface area contributed by atoms with Crippen LogP contribution < -0.4 is 9.64 Å². The number of anilines is 1. The third-order valence-corrected chi connectivity index (χ3v) is 5.44. The van der Waals surface area contributed by atoms with Crippen LogP contribution >= 0.6 is 0 Å². The minimum atomic E-state index is -0.573. The predicted octanol–water partition coefficient (Wildman–Crippen LogP) is 4.01. The minimum Gasteiger partial charge on any atom is -0.489 e. The van der Waals surface area contributed by atoms with Crippen LogP contribution in [0, 0.1) is 13.8 Å². The molecular formula is C24H24N2O5. The standard InChI is InChI=1S/C24H24N2O5/c1-15-11-18-7-4-5-10-22(18)26(15)23(27)14-30-24(28)19-8-6-9-20(12-19)29-13-21-16(2)25-31-17(21)3/h4-10,12,15H,11,13-14H2,1-3H3/t15-/m1/s1. The second-order valence-electron chi connectivity index (χ2n) is 7.64. The Labute approximate surface area is 180 Å². The van der Waals surface area contributed by atoms with Crippen LogP contribution in [0.3, 0.4) is 0 Å². The summed E-state index contributed by atoms with van der Waals surface area (Å²) in [5.41, 5.74) is 3.96. The van der Waals surface area contributed by atoms with E-state index in [2.05, 4.69) is 5.16 Å². The van der Waals surface area contributed by atoms with Gasteiger partial charge in [-0.25, -0.2) is 4.79 Å². The first-order valence-electron chi connectivity index (χ1n) is 10.2. The summed E-state index contributed by atoms with van der Waals surface area (Å²) >= 11 is 0. The Kier molecular flexibility index (Phi) is 5.75. The van der Waals surface area contributed by atoms with Gasteiger partial charge in [-0.3, -0.25) is 4.79 Å². The average Bonchev–Trinajstić information content (AvgIpc) is 3.28. The molecule has 0 unspecified atom stereocenters. The molecule has 1 amide bonds. The third kappa shape index (κ3) is 4.30. The lowest BCUT2D eigenvalue weighted by Crippen LogP contribution is -2.38. The van der Waals surface area contributed by atoms with Crippen molar-refractivity contribution in [2.75, 3.05) is 11.5 Å². The summed E-state index contributed by atoms with van der Waals surface area (Å²) in [6.45, 7) is 5.62. The summed E-state index contributed by atoms with van der Waals surface area (Å²) in [4.78, 5) is 26.9. The van der Waals surface area contributed by atoms with Crippen LogP contribution in [0.4, 0.5) is 5.69 Å². The summed E-state index contributed by atoms with van der Waals surface area (Å²) in [7, 11) is 0. The quantitative estimate of drug-likeness (QED) is 0.561. The van der Waals surface area contributed by atoms with Crippen LogP contribution in [-0.2, 0) is 22.6 Å². The molecule has 1 aliphatic rings. The maximum Gasteiger partial charge on any atom is 0.338 e. The number of esters is 1. The van der Waals surface area contributed by atoms with Gasteiger partial charge in [-0.2, -0.15) is 0 Å². The van der Waals surface area contributed by atoms with E-state index < -0.39 is 5.97 Å². The molecule has 0 radical (unpaired) electrons. The highest BCUT2D eigenvalue weighted by Gasteiger charge is 2.31. The van der Waals surface area contributed by atoms with Crippen molar-refractivity contribution in [3.63, 3.8) is 0 Å². The van der Waals surface area contributed by atoms with Crippen molar-refractivity contribution in [3.8, 4) is 5.75 Å². The van der Waals surface area contributed by atoms with Gasteiger partial charge in [-0.15, -0.1) is 0 Å². The van der Waals surface area contributed by atoms with E-state index in [9.17, 15) is 9.59 Å². The number of hydrogen-bond donors (Lipinski definition) is 0. The van der Waals surface area contributed by atoms with Gasteiger partial charge in [-0.1, -0.05) is 29.4 Å². The van der Waals surface area contributed by atoms with Gasteiger partial charge in [0, 0.05) is 11.7 Å². The van der Waals surface area contributed by atoms with Crippen LogP contribution in [0.25, 0.3) is 0 Å². The first-order chi connectivity index (χ1) is 14.9.